The van der Waals surface area contributed by atoms with Crippen molar-refractivity contribution in [3.8, 4) is 0 Å². The van der Waals surface area contributed by atoms with Gasteiger partial charge in [0.05, 0.1) is 0 Å². The Balaban J connectivity index is 1.99. The molecule has 1 heterocycles. The summed E-state index contributed by atoms with van der Waals surface area (Å²) in [6.45, 7) is 6.12. The van der Waals surface area contributed by atoms with E-state index in [4.69, 9.17) is 4.74 Å². The Hall–Kier alpha value is 0.170. The minimum absolute atomic E-state index is 0.0281. The number of hydrogen-bond donors (Lipinski definition) is 0. The Morgan fingerprint density at radius 2 is 2.12 bits per heavy atom. The van der Waals surface area contributed by atoms with Gasteiger partial charge in [0.1, 0.15) is 6.10 Å². The molecule has 0 aromatic carbocycles. The first-order valence-corrected chi connectivity index (χ1v) is 8.95. The Bertz CT molecular complexity index is 225. The largest absolute Gasteiger partial charge is 0.462 e. The minimum Gasteiger partial charge on any atom is -0.462 e. The number of unbranched alkanes of at least 4 members (excludes halogenated alkanes) is 1. The lowest BCUT2D eigenvalue weighted by molar-refractivity contribution is -0.150. The second kappa shape index (κ2) is 8.30. The average Bonchev–Trinajstić information content (AvgIpc) is 2.77. The molecule has 0 spiro atoms. The van der Waals surface area contributed by atoms with E-state index in [1.54, 1.807) is 0 Å². The standard InChI is InChI=1S/C13H24O2S2/c1-10(2)11(3)15-13(14)7-5-4-6-12-8-9-16-17-12/h10-12H,4-9H2,1-3H3. The highest BCUT2D eigenvalue weighted by molar-refractivity contribution is 8.77. The predicted octanol–water partition coefficient (Wildman–Crippen LogP) is 4.29. The third-order valence-electron chi connectivity index (χ3n) is 3.14. The summed E-state index contributed by atoms with van der Waals surface area (Å²) in [6, 6.07) is 0. The van der Waals surface area contributed by atoms with Crippen molar-refractivity contribution in [3.05, 3.63) is 0 Å². The predicted molar refractivity (Wildman–Crippen MR) is 77.3 cm³/mol. The molecule has 0 amide bonds. The molecule has 2 nitrogen and oxygen atoms in total. The van der Waals surface area contributed by atoms with Gasteiger partial charge in [-0.3, -0.25) is 4.79 Å². The van der Waals surface area contributed by atoms with Gasteiger partial charge in [-0.25, -0.2) is 0 Å². The molecule has 0 aromatic rings. The van der Waals surface area contributed by atoms with Gasteiger partial charge in [0.25, 0.3) is 0 Å². The fourth-order valence-corrected chi connectivity index (χ4v) is 4.64. The SMILES string of the molecule is CC(C)C(C)OC(=O)CCCCC1CCSS1. The van der Waals surface area contributed by atoms with E-state index in [2.05, 4.69) is 13.8 Å². The number of carbonyl (C=O) groups excluding carboxylic acids is 1. The van der Waals surface area contributed by atoms with Crippen molar-refractivity contribution in [1.29, 1.82) is 0 Å². The van der Waals surface area contributed by atoms with Gasteiger partial charge in [-0.1, -0.05) is 41.9 Å². The molecule has 0 radical (unpaired) electrons. The molecular weight excluding hydrogens is 252 g/mol. The van der Waals surface area contributed by atoms with Gasteiger partial charge in [0, 0.05) is 17.4 Å². The Kier molecular flexibility index (Phi) is 7.44. The third-order valence-corrected chi connectivity index (χ3v) is 6.15. The number of carbonyl (C=O) groups is 1. The van der Waals surface area contributed by atoms with Gasteiger partial charge < -0.3 is 4.74 Å². The summed E-state index contributed by atoms with van der Waals surface area (Å²) in [5.74, 6) is 1.68. The normalized spacial score (nSPS) is 21.8. The molecule has 2 unspecified atom stereocenters. The van der Waals surface area contributed by atoms with Gasteiger partial charge in [-0.2, -0.15) is 0 Å². The van der Waals surface area contributed by atoms with Gasteiger partial charge >= 0.3 is 5.97 Å². The molecule has 0 N–H and O–H groups in total. The van der Waals surface area contributed by atoms with Gasteiger partial charge in [0.15, 0.2) is 0 Å². The first-order chi connectivity index (χ1) is 8.09. The second-order valence-electron chi connectivity index (χ2n) is 5.01. The minimum atomic E-state index is -0.0281. The van der Waals surface area contributed by atoms with Crippen LogP contribution in [0.25, 0.3) is 0 Å². The highest BCUT2D eigenvalue weighted by atomic mass is 33.1. The van der Waals surface area contributed by atoms with E-state index in [1.807, 2.05) is 28.5 Å². The first-order valence-electron chi connectivity index (χ1n) is 6.57. The third kappa shape index (κ3) is 6.61. The molecule has 100 valence electrons. The van der Waals surface area contributed by atoms with Crippen LogP contribution >= 0.6 is 21.6 Å². The number of ether oxygens (including phenoxy) is 1. The zero-order valence-electron chi connectivity index (χ0n) is 11.1. The van der Waals surface area contributed by atoms with Crippen molar-refractivity contribution in [2.75, 3.05) is 5.75 Å². The first kappa shape index (κ1) is 15.2. The van der Waals surface area contributed by atoms with E-state index in [0.717, 1.165) is 18.1 Å². The van der Waals surface area contributed by atoms with Crippen LogP contribution in [0.4, 0.5) is 0 Å². The van der Waals surface area contributed by atoms with Crippen molar-refractivity contribution in [1.82, 2.24) is 0 Å². The van der Waals surface area contributed by atoms with Crippen LogP contribution in [0.5, 0.6) is 0 Å². The molecule has 4 heteroatoms. The van der Waals surface area contributed by atoms with Crippen LogP contribution in [-0.2, 0) is 9.53 Å². The average molecular weight is 276 g/mol. The number of rotatable bonds is 7. The summed E-state index contributed by atoms with van der Waals surface area (Å²) in [4.78, 5) is 11.5. The lowest BCUT2D eigenvalue weighted by atomic mass is 10.1. The van der Waals surface area contributed by atoms with Crippen molar-refractivity contribution >= 4 is 27.6 Å². The van der Waals surface area contributed by atoms with Crippen LogP contribution in [0.3, 0.4) is 0 Å². The molecule has 1 aliphatic rings. The van der Waals surface area contributed by atoms with Gasteiger partial charge in [0.2, 0.25) is 0 Å². The summed E-state index contributed by atoms with van der Waals surface area (Å²) in [7, 11) is 4.00. The second-order valence-corrected chi connectivity index (χ2v) is 7.80. The van der Waals surface area contributed by atoms with Gasteiger partial charge in [-0.05, 0) is 32.1 Å². The lowest BCUT2D eigenvalue weighted by Crippen LogP contribution is -2.19. The van der Waals surface area contributed by atoms with E-state index in [0.29, 0.717) is 12.3 Å². The fourth-order valence-electron chi connectivity index (χ4n) is 1.61. The van der Waals surface area contributed by atoms with E-state index >= 15 is 0 Å². The zero-order valence-corrected chi connectivity index (χ0v) is 12.7. The van der Waals surface area contributed by atoms with E-state index in [-0.39, 0.29) is 12.1 Å². The van der Waals surface area contributed by atoms with E-state index < -0.39 is 0 Å². The van der Waals surface area contributed by atoms with Crippen LogP contribution in [0.2, 0.25) is 0 Å². The zero-order chi connectivity index (χ0) is 12.7. The Morgan fingerprint density at radius 1 is 1.35 bits per heavy atom. The van der Waals surface area contributed by atoms with Crippen molar-refractivity contribution < 1.29 is 9.53 Å². The molecule has 1 saturated heterocycles. The molecule has 0 aliphatic carbocycles. The molecule has 17 heavy (non-hydrogen) atoms. The summed E-state index contributed by atoms with van der Waals surface area (Å²) < 4.78 is 5.34. The Labute approximate surface area is 113 Å². The van der Waals surface area contributed by atoms with Crippen molar-refractivity contribution in [2.24, 2.45) is 5.92 Å². The van der Waals surface area contributed by atoms with Crippen LogP contribution in [-0.4, -0.2) is 23.1 Å². The summed E-state index contributed by atoms with van der Waals surface area (Å²) in [5, 5.41) is 0.825. The molecule has 2 atom stereocenters. The van der Waals surface area contributed by atoms with Crippen LogP contribution in [0.15, 0.2) is 0 Å². The maximum Gasteiger partial charge on any atom is 0.306 e. The quantitative estimate of drug-likeness (QED) is 0.394. The van der Waals surface area contributed by atoms with E-state index in [9.17, 15) is 4.79 Å². The topological polar surface area (TPSA) is 26.3 Å². The van der Waals surface area contributed by atoms with Crippen LogP contribution in [0.1, 0.15) is 52.9 Å². The molecule has 0 saturated carbocycles. The Morgan fingerprint density at radius 3 is 2.71 bits per heavy atom. The summed E-state index contributed by atoms with van der Waals surface area (Å²) >= 11 is 0. The van der Waals surface area contributed by atoms with E-state index in [1.165, 1.54) is 18.6 Å². The molecule has 1 aliphatic heterocycles. The van der Waals surface area contributed by atoms with Gasteiger partial charge in [-0.15, -0.1) is 0 Å². The number of esters is 1. The maximum atomic E-state index is 11.5. The fraction of sp³-hybridized carbons (Fsp3) is 0.923. The highest BCUT2D eigenvalue weighted by Gasteiger charge is 2.16. The molecule has 1 rings (SSSR count). The molecule has 1 fully saturated rings. The summed E-state index contributed by atoms with van der Waals surface area (Å²) in [6.07, 6.45) is 5.36. The monoisotopic (exact) mass is 276 g/mol. The van der Waals surface area contributed by atoms with Crippen LogP contribution < -0.4 is 0 Å². The molecule has 0 bridgehead atoms. The smallest absolute Gasteiger partial charge is 0.306 e. The molecular formula is C13H24O2S2. The van der Waals surface area contributed by atoms with Crippen molar-refractivity contribution in [2.45, 2.75) is 64.2 Å². The maximum absolute atomic E-state index is 11.5. The lowest BCUT2D eigenvalue weighted by Gasteiger charge is -2.16. The number of hydrogen-bond acceptors (Lipinski definition) is 4. The van der Waals surface area contributed by atoms with Crippen molar-refractivity contribution in [3.63, 3.8) is 0 Å². The van der Waals surface area contributed by atoms with Crippen LogP contribution in [0, 0.1) is 5.92 Å². The summed E-state index contributed by atoms with van der Waals surface area (Å²) in [5.41, 5.74) is 0. The highest BCUT2D eigenvalue weighted by Crippen LogP contribution is 2.39. The molecule has 0 aromatic heterocycles.